The van der Waals surface area contributed by atoms with Crippen molar-refractivity contribution in [2.24, 2.45) is 11.7 Å². The number of benzene rings is 2. The second-order valence-electron chi connectivity index (χ2n) is 7.62. The Kier molecular flexibility index (Phi) is 7.44. The molecule has 2 aromatic carbocycles. The molecular weight excluding hydrogens is 453 g/mol. The van der Waals surface area contributed by atoms with Crippen molar-refractivity contribution in [3.05, 3.63) is 59.9 Å². The van der Waals surface area contributed by atoms with Crippen LogP contribution in [0.1, 0.15) is 30.1 Å². The van der Waals surface area contributed by atoms with Gasteiger partial charge in [-0.1, -0.05) is 12.1 Å². The van der Waals surface area contributed by atoms with Crippen LogP contribution in [0.15, 0.2) is 53.4 Å². The molecule has 2 amide bonds. The number of piperidine rings is 1. The van der Waals surface area contributed by atoms with Crippen LogP contribution in [0.2, 0.25) is 0 Å². The molecule has 3 rings (SSSR count). The molecule has 1 saturated heterocycles. The molecule has 0 radical (unpaired) electrons. The lowest BCUT2D eigenvalue weighted by molar-refractivity contribution is -0.158. The molecule has 11 heteroatoms. The minimum atomic E-state index is -4.01. The Balaban J connectivity index is 1.52. The Morgan fingerprint density at radius 1 is 1.09 bits per heavy atom. The Labute approximate surface area is 190 Å². The molecular formula is C22H24FN3O6S. The summed E-state index contributed by atoms with van der Waals surface area (Å²) in [4.78, 5) is 35.5. The minimum Gasteiger partial charge on any atom is -0.452 e. The normalized spacial score (nSPS) is 16.1. The molecule has 1 heterocycles. The van der Waals surface area contributed by atoms with E-state index in [-0.39, 0.29) is 31.5 Å². The third-order valence-electron chi connectivity index (χ3n) is 5.34. The average molecular weight is 478 g/mol. The SMILES string of the molecule is C[C@@H](OC(=O)C1CCN(S(=O)(=O)c2ccccc2F)CC1)C(=O)Nc1ccc(C(N)=O)cc1. The van der Waals surface area contributed by atoms with Crippen LogP contribution in [0.25, 0.3) is 0 Å². The van der Waals surface area contributed by atoms with Crippen LogP contribution in [-0.2, 0) is 24.3 Å². The molecule has 9 nitrogen and oxygen atoms in total. The fourth-order valence-electron chi connectivity index (χ4n) is 3.41. The number of nitrogens with zero attached hydrogens (tertiary/aromatic N) is 1. The van der Waals surface area contributed by atoms with Crippen molar-refractivity contribution in [2.75, 3.05) is 18.4 Å². The number of rotatable bonds is 7. The van der Waals surface area contributed by atoms with E-state index in [0.29, 0.717) is 5.69 Å². The number of nitrogens with one attached hydrogen (secondary N) is 1. The van der Waals surface area contributed by atoms with Crippen molar-refractivity contribution in [2.45, 2.75) is 30.8 Å². The Bertz CT molecular complexity index is 1140. The van der Waals surface area contributed by atoms with E-state index >= 15 is 0 Å². The van der Waals surface area contributed by atoms with E-state index in [0.717, 1.165) is 10.4 Å². The lowest BCUT2D eigenvalue weighted by Crippen LogP contribution is -2.42. The van der Waals surface area contributed by atoms with Gasteiger partial charge in [-0.2, -0.15) is 4.31 Å². The summed E-state index contributed by atoms with van der Waals surface area (Å²) in [6, 6.07) is 11.0. The molecule has 1 atom stereocenters. The highest BCUT2D eigenvalue weighted by molar-refractivity contribution is 7.89. The summed E-state index contributed by atoms with van der Waals surface area (Å²) >= 11 is 0. The number of sulfonamides is 1. The summed E-state index contributed by atoms with van der Waals surface area (Å²) in [5, 5.41) is 2.58. The molecule has 3 N–H and O–H groups in total. The second-order valence-corrected chi connectivity index (χ2v) is 9.53. The molecule has 1 aliphatic rings. The topological polar surface area (TPSA) is 136 Å². The second kappa shape index (κ2) is 10.1. The molecule has 176 valence electrons. The van der Waals surface area contributed by atoms with Gasteiger partial charge in [0.05, 0.1) is 5.92 Å². The van der Waals surface area contributed by atoms with Gasteiger partial charge in [0.15, 0.2) is 6.10 Å². The highest BCUT2D eigenvalue weighted by Crippen LogP contribution is 2.26. The fourth-order valence-corrected chi connectivity index (χ4v) is 4.95. The maximum absolute atomic E-state index is 13.9. The summed E-state index contributed by atoms with van der Waals surface area (Å²) < 4.78 is 45.7. The molecule has 1 fully saturated rings. The van der Waals surface area contributed by atoms with Gasteiger partial charge < -0.3 is 15.8 Å². The molecule has 0 aliphatic carbocycles. The molecule has 2 aromatic rings. The quantitative estimate of drug-likeness (QED) is 0.585. The van der Waals surface area contributed by atoms with Gasteiger partial charge in [0, 0.05) is 24.3 Å². The average Bonchev–Trinajstić information content (AvgIpc) is 2.79. The van der Waals surface area contributed by atoms with Crippen molar-refractivity contribution in [3.63, 3.8) is 0 Å². The van der Waals surface area contributed by atoms with Gasteiger partial charge in [-0.15, -0.1) is 0 Å². The van der Waals surface area contributed by atoms with Crippen LogP contribution in [0, 0.1) is 11.7 Å². The monoisotopic (exact) mass is 477 g/mol. The first-order chi connectivity index (χ1) is 15.6. The number of carbonyl (C=O) groups excluding carboxylic acids is 3. The number of ether oxygens (including phenoxy) is 1. The van der Waals surface area contributed by atoms with Crippen LogP contribution >= 0.6 is 0 Å². The van der Waals surface area contributed by atoms with Crippen molar-refractivity contribution in [1.82, 2.24) is 4.31 Å². The van der Waals surface area contributed by atoms with Crippen molar-refractivity contribution in [1.29, 1.82) is 0 Å². The molecule has 33 heavy (non-hydrogen) atoms. The summed E-state index contributed by atoms with van der Waals surface area (Å²) in [5.41, 5.74) is 5.86. The highest BCUT2D eigenvalue weighted by Gasteiger charge is 2.35. The van der Waals surface area contributed by atoms with Gasteiger partial charge >= 0.3 is 5.97 Å². The number of carbonyl (C=O) groups is 3. The van der Waals surface area contributed by atoms with Gasteiger partial charge in [0.2, 0.25) is 15.9 Å². The first-order valence-corrected chi connectivity index (χ1v) is 11.7. The number of anilines is 1. The Morgan fingerprint density at radius 3 is 2.27 bits per heavy atom. The molecule has 1 aliphatic heterocycles. The Morgan fingerprint density at radius 2 is 1.70 bits per heavy atom. The Hall–Kier alpha value is -3.31. The molecule has 0 spiro atoms. The summed E-state index contributed by atoms with van der Waals surface area (Å²) in [5.74, 6) is -3.17. The van der Waals surface area contributed by atoms with Crippen LogP contribution < -0.4 is 11.1 Å². The maximum atomic E-state index is 13.9. The van der Waals surface area contributed by atoms with E-state index in [2.05, 4.69) is 5.32 Å². The molecule has 0 unspecified atom stereocenters. The first-order valence-electron chi connectivity index (χ1n) is 10.3. The summed E-state index contributed by atoms with van der Waals surface area (Å²) in [6.45, 7) is 1.48. The lowest BCUT2D eigenvalue weighted by atomic mass is 9.98. The van der Waals surface area contributed by atoms with Crippen LogP contribution in [0.5, 0.6) is 0 Å². The van der Waals surface area contributed by atoms with E-state index in [1.54, 1.807) is 0 Å². The van der Waals surface area contributed by atoms with E-state index in [9.17, 15) is 27.2 Å². The minimum absolute atomic E-state index is 0.0310. The number of esters is 1. The van der Waals surface area contributed by atoms with Crippen molar-refractivity contribution < 1.29 is 31.9 Å². The van der Waals surface area contributed by atoms with E-state index in [4.69, 9.17) is 10.5 Å². The largest absolute Gasteiger partial charge is 0.452 e. The fraction of sp³-hybridized carbons (Fsp3) is 0.318. The van der Waals surface area contributed by atoms with Gasteiger partial charge in [0.1, 0.15) is 10.7 Å². The number of hydrogen-bond donors (Lipinski definition) is 2. The number of amides is 2. The zero-order chi connectivity index (χ0) is 24.2. The number of primary amides is 1. The molecule has 0 bridgehead atoms. The third kappa shape index (κ3) is 5.74. The van der Waals surface area contributed by atoms with E-state index in [1.807, 2.05) is 0 Å². The van der Waals surface area contributed by atoms with Crippen molar-refractivity contribution in [3.8, 4) is 0 Å². The predicted octanol–water partition coefficient (Wildman–Crippen LogP) is 1.90. The maximum Gasteiger partial charge on any atom is 0.309 e. The van der Waals surface area contributed by atoms with Gasteiger partial charge in [-0.3, -0.25) is 14.4 Å². The summed E-state index contributed by atoms with van der Waals surface area (Å²) in [7, 11) is -4.01. The summed E-state index contributed by atoms with van der Waals surface area (Å²) in [6.07, 6.45) is -0.710. The molecule has 0 saturated carbocycles. The van der Waals surface area contributed by atoms with Crippen molar-refractivity contribution >= 4 is 33.5 Å². The van der Waals surface area contributed by atoms with Gasteiger partial charge in [0.25, 0.3) is 5.91 Å². The zero-order valence-corrected chi connectivity index (χ0v) is 18.7. The van der Waals surface area contributed by atoms with E-state index in [1.165, 1.54) is 49.4 Å². The lowest BCUT2D eigenvalue weighted by Gasteiger charge is -2.30. The van der Waals surface area contributed by atoms with Crippen LogP contribution in [0.4, 0.5) is 10.1 Å². The van der Waals surface area contributed by atoms with Crippen LogP contribution in [0.3, 0.4) is 0 Å². The van der Waals surface area contributed by atoms with Gasteiger partial charge in [-0.05, 0) is 56.2 Å². The standard InChI is InChI=1S/C22H24FN3O6S/c1-14(21(28)25-17-8-6-15(7-9-17)20(24)27)32-22(29)16-10-12-26(13-11-16)33(30,31)19-5-3-2-4-18(19)23/h2-9,14,16H,10-13H2,1H3,(H2,24,27)(H,25,28)/t14-/m1/s1. The third-order valence-corrected chi connectivity index (χ3v) is 7.27. The smallest absolute Gasteiger partial charge is 0.309 e. The van der Waals surface area contributed by atoms with E-state index < -0.39 is 50.5 Å². The number of halogens is 1. The first kappa shape index (κ1) is 24.3. The van der Waals surface area contributed by atoms with Gasteiger partial charge in [-0.25, -0.2) is 12.8 Å². The van der Waals surface area contributed by atoms with Crippen LogP contribution in [-0.4, -0.2) is 49.7 Å². The predicted molar refractivity (Wildman–Crippen MR) is 117 cm³/mol. The highest BCUT2D eigenvalue weighted by atomic mass is 32.2. The molecule has 0 aromatic heterocycles. The number of nitrogens with two attached hydrogens (primary N) is 1. The number of hydrogen-bond acceptors (Lipinski definition) is 6. The zero-order valence-electron chi connectivity index (χ0n) is 17.9.